The van der Waals surface area contributed by atoms with E-state index >= 15 is 0 Å². The first-order valence-electron chi connectivity index (χ1n) is 7.68. The Morgan fingerprint density at radius 2 is 1.86 bits per heavy atom. The highest BCUT2D eigenvalue weighted by Gasteiger charge is 2.18. The molecule has 0 saturated heterocycles. The Bertz CT molecular complexity index is 780. The molecule has 1 heterocycles. The molecule has 0 saturated carbocycles. The summed E-state index contributed by atoms with van der Waals surface area (Å²) in [6.07, 6.45) is 4.94. The largest absolute Gasteiger partial charge is 0.299 e. The Hall–Kier alpha value is -2.48. The minimum Gasteiger partial charge on any atom is -0.299 e. The van der Waals surface area contributed by atoms with Crippen LogP contribution >= 0.6 is 0 Å². The van der Waals surface area contributed by atoms with Crippen LogP contribution in [0.3, 0.4) is 0 Å². The molecule has 22 heavy (non-hydrogen) atoms. The maximum atomic E-state index is 12.7. The summed E-state index contributed by atoms with van der Waals surface area (Å²) in [4.78, 5) is 16.8. The van der Waals surface area contributed by atoms with Gasteiger partial charge in [-0.3, -0.25) is 9.78 Å². The third kappa shape index (κ3) is 3.06. The average molecular weight is 289 g/mol. The molecular weight excluding hydrogens is 270 g/mol. The molecule has 3 aromatic rings. The van der Waals surface area contributed by atoms with Crippen LogP contribution in [0, 0.1) is 0 Å². The van der Waals surface area contributed by atoms with E-state index < -0.39 is 0 Å². The summed E-state index contributed by atoms with van der Waals surface area (Å²) in [5.41, 5.74) is 2.18. The van der Waals surface area contributed by atoms with Gasteiger partial charge in [0.05, 0.1) is 0 Å². The van der Waals surface area contributed by atoms with Gasteiger partial charge < -0.3 is 0 Å². The molecule has 1 aromatic heterocycles. The number of aromatic nitrogens is 1. The van der Waals surface area contributed by atoms with E-state index in [1.165, 1.54) is 0 Å². The zero-order valence-corrected chi connectivity index (χ0v) is 12.7. The molecule has 0 aliphatic rings. The molecule has 1 atom stereocenters. The van der Waals surface area contributed by atoms with Crippen molar-refractivity contribution in [3.05, 3.63) is 78.1 Å². The molecule has 2 heteroatoms. The molecule has 0 radical (unpaired) electrons. The second-order valence-corrected chi connectivity index (χ2v) is 5.57. The quantitative estimate of drug-likeness (QED) is 0.690. The Morgan fingerprint density at radius 1 is 1.05 bits per heavy atom. The number of hydrogen-bond acceptors (Lipinski definition) is 2. The molecule has 3 rings (SSSR count). The third-order valence-electron chi connectivity index (χ3n) is 4.08. The second-order valence-electron chi connectivity index (χ2n) is 5.57. The molecule has 0 aliphatic heterocycles. The molecule has 2 nitrogen and oxygen atoms in total. The van der Waals surface area contributed by atoms with Gasteiger partial charge in [0.1, 0.15) is 5.78 Å². The van der Waals surface area contributed by atoms with Gasteiger partial charge in [-0.2, -0.15) is 0 Å². The first kappa shape index (κ1) is 14.5. The number of fused-ring (bicyclic) bond motifs is 1. The van der Waals surface area contributed by atoms with Crippen LogP contribution in [0.15, 0.2) is 67.0 Å². The van der Waals surface area contributed by atoms with Crippen LogP contribution in [0.2, 0.25) is 0 Å². The highest BCUT2D eigenvalue weighted by Crippen LogP contribution is 2.23. The fourth-order valence-electron chi connectivity index (χ4n) is 2.90. The van der Waals surface area contributed by atoms with Crippen molar-refractivity contribution in [2.75, 3.05) is 0 Å². The summed E-state index contributed by atoms with van der Waals surface area (Å²) in [7, 11) is 0. The van der Waals surface area contributed by atoms with Crippen molar-refractivity contribution in [2.24, 2.45) is 0 Å². The lowest BCUT2D eigenvalue weighted by Gasteiger charge is -2.14. The number of rotatable bonds is 5. The van der Waals surface area contributed by atoms with Crippen LogP contribution in [-0.2, 0) is 11.2 Å². The monoisotopic (exact) mass is 289 g/mol. The number of pyridine rings is 1. The number of carbonyl (C=O) groups is 1. The Morgan fingerprint density at radius 3 is 2.64 bits per heavy atom. The van der Waals surface area contributed by atoms with Crippen LogP contribution in [0.4, 0.5) is 0 Å². The van der Waals surface area contributed by atoms with Crippen LogP contribution in [-0.4, -0.2) is 10.8 Å². The summed E-state index contributed by atoms with van der Waals surface area (Å²) >= 11 is 0. The van der Waals surface area contributed by atoms with E-state index in [4.69, 9.17) is 0 Å². The molecule has 1 unspecified atom stereocenters. The van der Waals surface area contributed by atoms with E-state index in [2.05, 4.69) is 18.0 Å². The maximum absolute atomic E-state index is 12.7. The summed E-state index contributed by atoms with van der Waals surface area (Å²) in [6.45, 7) is 2.07. The molecule has 0 bridgehead atoms. The third-order valence-corrected chi connectivity index (χ3v) is 4.08. The van der Waals surface area contributed by atoms with Crippen molar-refractivity contribution in [3.8, 4) is 0 Å². The lowest BCUT2D eigenvalue weighted by atomic mass is 9.89. The summed E-state index contributed by atoms with van der Waals surface area (Å²) in [6, 6.07) is 18.2. The standard InChI is InChI=1S/C20H19NO/c1-2-19(16-6-4-3-5-7-16)20(22)13-15-8-9-18-14-21-11-10-17(18)12-15/h3-12,14,19H,2,13H2,1H3. The van der Waals surface area contributed by atoms with Crippen LogP contribution in [0.1, 0.15) is 30.4 Å². The van der Waals surface area contributed by atoms with Crippen molar-refractivity contribution in [3.63, 3.8) is 0 Å². The number of nitrogens with zero attached hydrogens (tertiary/aromatic N) is 1. The lowest BCUT2D eigenvalue weighted by molar-refractivity contribution is -0.119. The summed E-state index contributed by atoms with van der Waals surface area (Å²) < 4.78 is 0. The zero-order valence-electron chi connectivity index (χ0n) is 12.7. The van der Waals surface area contributed by atoms with Gasteiger partial charge in [-0.15, -0.1) is 0 Å². The summed E-state index contributed by atoms with van der Waals surface area (Å²) in [5.74, 6) is 0.261. The van der Waals surface area contributed by atoms with Crippen molar-refractivity contribution in [2.45, 2.75) is 25.7 Å². The SMILES string of the molecule is CCC(C(=O)Cc1ccc2cnccc2c1)c1ccccc1. The molecule has 110 valence electrons. The van der Waals surface area contributed by atoms with Crippen molar-refractivity contribution in [1.29, 1.82) is 0 Å². The van der Waals surface area contributed by atoms with Gasteiger partial charge in [-0.05, 0) is 29.0 Å². The average Bonchev–Trinajstić information content (AvgIpc) is 2.56. The minimum atomic E-state index is -0.0191. The molecule has 0 spiro atoms. The smallest absolute Gasteiger partial charge is 0.144 e. The lowest BCUT2D eigenvalue weighted by Crippen LogP contribution is -2.14. The van der Waals surface area contributed by atoms with E-state index in [1.807, 2.05) is 54.7 Å². The molecular formula is C20H19NO. The van der Waals surface area contributed by atoms with Gasteiger partial charge in [0.15, 0.2) is 0 Å². The molecule has 0 N–H and O–H groups in total. The predicted molar refractivity (Wildman–Crippen MR) is 89.9 cm³/mol. The summed E-state index contributed by atoms with van der Waals surface area (Å²) in [5, 5.41) is 2.24. The Labute approximate surface area is 130 Å². The van der Waals surface area contributed by atoms with Gasteiger partial charge in [0, 0.05) is 30.1 Å². The Balaban J connectivity index is 1.82. The fraction of sp³-hybridized carbons (Fsp3) is 0.200. The van der Waals surface area contributed by atoms with Crippen molar-refractivity contribution in [1.82, 2.24) is 4.98 Å². The molecule has 0 fully saturated rings. The molecule has 0 amide bonds. The number of benzene rings is 2. The van der Waals surface area contributed by atoms with E-state index in [-0.39, 0.29) is 11.7 Å². The first-order chi connectivity index (χ1) is 10.8. The zero-order chi connectivity index (χ0) is 15.4. The van der Waals surface area contributed by atoms with Gasteiger partial charge in [-0.1, -0.05) is 55.5 Å². The predicted octanol–water partition coefficient (Wildman–Crippen LogP) is 4.54. The van der Waals surface area contributed by atoms with Crippen LogP contribution in [0.25, 0.3) is 10.8 Å². The number of Topliss-reactive ketones (excluding diaryl/α,β-unsaturated/α-hetero) is 1. The van der Waals surface area contributed by atoms with E-state index in [1.54, 1.807) is 6.20 Å². The normalized spacial score (nSPS) is 12.2. The van der Waals surface area contributed by atoms with Crippen LogP contribution < -0.4 is 0 Å². The Kier molecular flexibility index (Phi) is 4.29. The van der Waals surface area contributed by atoms with E-state index in [0.29, 0.717) is 6.42 Å². The molecule has 0 aliphatic carbocycles. The van der Waals surface area contributed by atoms with E-state index in [0.717, 1.165) is 28.3 Å². The number of hydrogen-bond donors (Lipinski definition) is 0. The van der Waals surface area contributed by atoms with Gasteiger partial charge >= 0.3 is 0 Å². The molecule has 2 aromatic carbocycles. The van der Waals surface area contributed by atoms with Crippen molar-refractivity contribution < 1.29 is 4.79 Å². The highest BCUT2D eigenvalue weighted by atomic mass is 16.1. The van der Waals surface area contributed by atoms with Gasteiger partial charge in [-0.25, -0.2) is 0 Å². The van der Waals surface area contributed by atoms with E-state index in [9.17, 15) is 4.79 Å². The van der Waals surface area contributed by atoms with Crippen molar-refractivity contribution >= 4 is 16.6 Å². The number of ketones is 1. The van der Waals surface area contributed by atoms with Crippen LogP contribution in [0.5, 0.6) is 0 Å². The highest BCUT2D eigenvalue weighted by molar-refractivity contribution is 5.89. The van der Waals surface area contributed by atoms with Gasteiger partial charge in [0.25, 0.3) is 0 Å². The first-order valence-corrected chi connectivity index (χ1v) is 7.68. The fourth-order valence-corrected chi connectivity index (χ4v) is 2.90. The topological polar surface area (TPSA) is 30.0 Å². The maximum Gasteiger partial charge on any atom is 0.144 e. The minimum absolute atomic E-state index is 0.0191. The van der Waals surface area contributed by atoms with Gasteiger partial charge in [0.2, 0.25) is 0 Å². The second kappa shape index (κ2) is 6.52. The number of carbonyl (C=O) groups excluding carboxylic acids is 1.